The monoisotopic (exact) mass is 709 g/mol. The number of ether oxygens (including phenoxy) is 2. The molecule has 0 aliphatic heterocycles. The van der Waals surface area contributed by atoms with Crippen molar-refractivity contribution in [1.82, 2.24) is 5.43 Å². The Labute approximate surface area is 263 Å². The summed E-state index contributed by atoms with van der Waals surface area (Å²) >= 11 is 12.7. The van der Waals surface area contributed by atoms with Gasteiger partial charge in [-0.2, -0.15) is 5.10 Å². The van der Waals surface area contributed by atoms with Gasteiger partial charge in [0.05, 0.1) is 17.8 Å². The van der Waals surface area contributed by atoms with Gasteiger partial charge in [-0.05, 0) is 88.2 Å². The first kappa shape index (κ1) is 30.7. The third-order valence-electron chi connectivity index (χ3n) is 5.61. The number of esters is 1. The number of hydrazone groups is 1. The number of nitrogens with zero attached hydrogens (tertiary/aromatic N) is 1. The lowest BCUT2D eigenvalue weighted by Gasteiger charge is -2.09. The van der Waals surface area contributed by atoms with Crippen molar-refractivity contribution < 1.29 is 23.9 Å². The van der Waals surface area contributed by atoms with Crippen LogP contribution in [0.5, 0.6) is 11.5 Å². The zero-order chi connectivity index (χ0) is 30.1. The number of nitrogens with one attached hydrogen (secondary N) is 2. The van der Waals surface area contributed by atoms with Crippen LogP contribution in [-0.4, -0.2) is 31.1 Å². The van der Waals surface area contributed by atoms with Crippen molar-refractivity contribution in [3.05, 3.63) is 127 Å². The maximum Gasteiger partial charge on any atom is 0.336 e. The van der Waals surface area contributed by atoms with Gasteiger partial charge in [-0.15, -0.1) is 0 Å². The van der Waals surface area contributed by atoms with E-state index in [4.69, 9.17) is 21.1 Å². The van der Waals surface area contributed by atoms with Gasteiger partial charge in [0.25, 0.3) is 11.8 Å². The van der Waals surface area contributed by atoms with Crippen molar-refractivity contribution in [2.45, 2.75) is 0 Å². The highest BCUT2D eigenvalue weighted by atomic mass is 79.9. The molecule has 0 fully saturated rings. The standard InChI is InChI=1S/C31H22Br2ClN3O5/c1-41-26-7-3-5-21(16-26)30(39)36-25-6-2-4-20(15-25)31(40)37-35-18-22-14-23(32)17-27(33)29(22)42-28(38)13-10-19-8-11-24(34)12-9-19/h2-18H,1H3,(H,36,39)(H,37,40)/b13-10+,35-18?. The lowest BCUT2D eigenvalue weighted by molar-refractivity contribution is -0.128. The lowest BCUT2D eigenvalue weighted by atomic mass is 10.1. The second kappa shape index (κ2) is 14.6. The van der Waals surface area contributed by atoms with E-state index in [9.17, 15) is 14.4 Å². The predicted octanol–water partition coefficient (Wildman–Crippen LogP) is 7.51. The third-order valence-corrected chi connectivity index (χ3v) is 6.90. The molecular weight excluding hydrogens is 690 g/mol. The average molecular weight is 712 g/mol. The van der Waals surface area contributed by atoms with Crippen LogP contribution >= 0.6 is 43.5 Å². The number of hydrogen-bond acceptors (Lipinski definition) is 6. The van der Waals surface area contributed by atoms with Crippen molar-refractivity contribution in [2.75, 3.05) is 12.4 Å². The maximum absolute atomic E-state index is 12.8. The summed E-state index contributed by atoms with van der Waals surface area (Å²) in [7, 11) is 1.52. The molecule has 0 saturated carbocycles. The van der Waals surface area contributed by atoms with Crippen molar-refractivity contribution in [3.63, 3.8) is 0 Å². The van der Waals surface area contributed by atoms with E-state index in [-0.39, 0.29) is 17.2 Å². The summed E-state index contributed by atoms with van der Waals surface area (Å²) in [6.07, 6.45) is 4.25. The van der Waals surface area contributed by atoms with Crippen molar-refractivity contribution in [1.29, 1.82) is 0 Å². The van der Waals surface area contributed by atoms with Crippen LogP contribution in [0.25, 0.3) is 6.08 Å². The molecule has 2 N–H and O–H groups in total. The minimum absolute atomic E-state index is 0.212. The van der Waals surface area contributed by atoms with Gasteiger partial charge in [-0.3, -0.25) is 9.59 Å². The first-order valence-electron chi connectivity index (χ1n) is 12.2. The zero-order valence-corrected chi connectivity index (χ0v) is 25.9. The molecule has 2 amide bonds. The van der Waals surface area contributed by atoms with E-state index in [1.807, 2.05) is 0 Å². The second-order valence-corrected chi connectivity index (χ2v) is 10.8. The second-order valence-electron chi connectivity index (χ2n) is 8.58. The summed E-state index contributed by atoms with van der Waals surface area (Å²) in [6, 6.07) is 23.5. The van der Waals surface area contributed by atoms with E-state index in [1.165, 1.54) is 25.5 Å². The Kier molecular flexibility index (Phi) is 10.7. The van der Waals surface area contributed by atoms with Crippen LogP contribution in [0, 0.1) is 0 Å². The summed E-state index contributed by atoms with van der Waals surface area (Å²) in [4.78, 5) is 37.9. The molecule has 4 aromatic rings. The fourth-order valence-corrected chi connectivity index (χ4v) is 5.05. The smallest absolute Gasteiger partial charge is 0.336 e. The summed E-state index contributed by atoms with van der Waals surface area (Å²) in [5.41, 5.74) is 4.75. The maximum atomic E-state index is 12.8. The van der Waals surface area contributed by atoms with Gasteiger partial charge in [-0.1, -0.05) is 51.8 Å². The molecule has 0 atom stereocenters. The number of hydrogen-bond donors (Lipinski definition) is 2. The molecule has 0 bridgehead atoms. The Morgan fingerprint density at radius 1 is 0.881 bits per heavy atom. The topological polar surface area (TPSA) is 106 Å². The number of halogens is 3. The quantitative estimate of drug-likeness (QED) is 0.0615. The van der Waals surface area contributed by atoms with Crippen molar-refractivity contribution in [3.8, 4) is 11.5 Å². The third kappa shape index (κ3) is 8.62. The summed E-state index contributed by atoms with van der Waals surface area (Å²) < 4.78 is 11.9. The fourth-order valence-electron chi connectivity index (χ4n) is 3.59. The molecule has 4 rings (SSSR count). The molecule has 0 unspecified atom stereocenters. The Morgan fingerprint density at radius 3 is 2.33 bits per heavy atom. The van der Waals surface area contributed by atoms with Gasteiger partial charge < -0.3 is 14.8 Å². The van der Waals surface area contributed by atoms with E-state index in [0.717, 1.165) is 5.56 Å². The van der Waals surface area contributed by atoms with E-state index < -0.39 is 11.9 Å². The highest BCUT2D eigenvalue weighted by Crippen LogP contribution is 2.32. The van der Waals surface area contributed by atoms with Crippen LogP contribution in [0.1, 0.15) is 31.8 Å². The average Bonchev–Trinajstić information content (AvgIpc) is 2.98. The van der Waals surface area contributed by atoms with Crippen molar-refractivity contribution in [2.24, 2.45) is 5.10 Å². The van der Waals surface area contributed by atoms with E-state index in [2.05, 4.69) is 47.7 Å². The molecule has 42 heavy (non-hydrogen) atoms. The van der Waals surface area contributed by atoms with Gasteiger partial charge in [0.2, 0.25) is 0 Å². The molecule has 0 radical (unpaired) electrons. The molecule has 4 aromatic carbocycles. The molecule has 0 heterocycles. The van der Waals surface area contributed by atoms with Crippen LogP contribution in [0.4, 0.5) is 5.69 Å². The summed E-state index contributed by atoms with van der Waals surface area (Å²) in [6.45, 7) is 0. The number of benzene rings is 4. The van der Waals surface area contributed by atoms with E-state index >= 15 is 0 Å². The highest BCUT2D eigenvalue weighted by Gasteiger charge is 2.13. The van der Waals surface area contributed by atoms with Crippen molar-refractivity contribution >= 4 is 79.2 Å². The fraction of sp³-hybridized carbons (Fsp3) is 0.0323. The van der Waals surface area contributed by atoms with Crippen LogP contribution in [-0.2, 0) is 4.79 Å². The molecule has 212 valence electrons. The van der Waals surface area contributed by atoms with Crippen LogP contribution < -0.4 is 20.2 Å². The zero-order valence-electron chi connectivity index (χ0n) is 21.9. The Morgan fingerprint density at radius 2 is 1.60 bits per heavy atom. The SMILES string of the molecule is COc1cccc(C(=O)Nc2cccc(C(=O)NN=Cc3cc(Br)cc(Br)c3OC(=O)/C=C/c3ccc(Cl)cc3)c2)c1. The molecule has 0 aliphatic carbocycles. The molecule has 8 nitrogen and oxygen atoms in total. The number of amides is 2. The lowest BCUT2D eigenvalue weighted by Crippen LogP contribution is -2.18. The number of anilines is 1. The normalized spacial score (nSPS) is 11.0. The minimum atomic E-state index is -0.612. The van der Waals surface area contributed by atoms with Gasteiger partial charge in [0, 0.05) is 37.9 Å². The molecule has 0 spiro atoms. The first-order chi connectivity index (χ1) is 20.2. The van der Waals surface area contributed by atoms with Crippen LogP contribution in [0.3, 0.4) is 0 Å². The molecular formula is C31H22Br2ClN3O5. The molecule has 11 heteroatoms. The summed E-state index contributed by atoms with van der Waals surface area (Å²) in [5.74, 6) is -0.709. The number of carbonyl (C=O) groups excluding carboxylic acids is 3. The molecule has 0 aromatic heterocycles. The Bertz CT molecular complexity index is 1690. The minimum Gasteiger partial charge on any atom is -0.497 e. The van der Waals surface area contributed by atoms with Gasteiger partial charge in [0.15, 0.2) is 5.75 Å². The molecule has 0 saturated heterocycles. The largest absolute Gasteiger partial charge is 0.497 e. The Balaban J connectivity index is 1.43. The van der Waals surface area contributed by atoms with Crippen LogP contribution in [0.2, 0.25) is 5.02 Å². The van der Waals surface area contributed by atoms with E-state index in [1.54, 1.807) is 84.9 Å². The van der Waals surface area contributed by atoms with Gasteiger partial charge in [0.1, 0.15) is 5.75 Å². The Hall–Kier alpha value is -4.25. The van der Waals surface area contributed by atoms with Crippen LogP contribution in [0.15, 0.2) is 105 Å². The highest BCUT2D eigenvalue weighted by molar-refractivity contribution is 9.11. The number of methoxy groups -OCH3 is 1. The number of carbonyl (C=O) groups is 3. The van der Waals surface area contributed by atoms with Gasteiger partial charge in [-0.25, -0.2) is 10.2 Å². The molecule has 0 aliphatic rings. The van der Waals surface area contributed by atoms with Gasteiger partial charge >= 0.3 is 5.97 Å². The first-order valence-corrected chi connectivity index (χ1v) is 14.2. The summed E-state index contributed by atoms with van der Waals surface area (Å²) in [5, 5.41) is 7.39. The number of rotatable bonds is 9. The van der Waals surface area contributed by atoms with E-state index in [0.29, 0.717) is 36.5 Å². The predicted molar refractivity (Wildman–Crippen MR) is 170 cm³/mol.